The van der Waals surface area contributed by atoms with Crippen LogP contribution in [0.1, 0.15) is 27.7 Å². The summed E-state index contributed by atoms with van der Waals surface area (Å²) in [4.78, 5) is 23.1. The van der Waals surface area contributed by atoms with Crippen molar-refractivity contribution in [1.82, 2.24) is 21.3 Å². The molecule has 16 heteroatoms. The van der Waals surface area contributed by atoms with Gasteiger partial charge in [0.1, 0.15) is 30.0 Å². The minimum absolute atomic E-state index is 0.00868. The van der Waals surface area contributed by atoms with Gasteiger partial charge in [0.2, 0.25) is 5.91 Å². The first-order chi connectivity index (χ1) is 14.6. The summed E-state index contributed by atoms with van der Waals surface area (Å²) in [5.41, 5.74) is -0.646. The number of thiocarbonyl (C=S) groups is 1. The van der Waals surface area contributed by atoms with Crippen LogP contribution in [0.5, 0.6) is 0 Å². The SMILES string of the molecule is CC(=O)N[C@@H]1[C@@H](O)[C@H](O)[C@@H](COS(=O)(=O)O)O[C@H]1NC(=S)NCCNC(=O)OC(C)(C)C. The van der Waals surface area contributed by atoms with Crippen LogP contribution in [0.25, 0.3) is 0 Å². The van der Waals surface area contributed by atoms with Crippen LogP contribution < -0.4 is 21.3 Å². The Morgan fingerprint density at radius 3 is 2.22 bits per heavy atom. The van der Waals surface area contributed by atoms with E-state index in [1.807, 2.05) is 0 Å². The summed E-state index contributed by atoms with van der Waals surface area (Å²) < 4.78 is 45.1. The Hall–Kier alpha value is -1.82. The average molecular weight is 503 g/mol. The molecule has 7 N–H and O–H groups in total. The summed E-state index contributed by atoms with van der Waals surface area (Å²) in [6.45, 7) is 5.88. The predicted octanol–water partition coefficient (Wildman–Crippen LogP) is -2.25. The number of hydrogen-bond acceptors (Lipinski definition) is 10. The summed E-state index contributed by atoms with van der Waals surface area (Å²) >= 11 is 5.13. The normalized spacial score (nSPS) is 26.0. The van der Waals surface area contributed by atoms with Crippen molar-refractivity contribution >= 4 is 39.7 Å². The van der Waals surface area contributed by atoms with Crippen molar-refractivity contribution in [2.24, 2.45) is 0 Å². The maximum absolute atomic E-state index is 11.6. The lowest BCUT2D eigenvalue weighted by atomic mass is 9.96. The van der Waals surface area contributed by atoms with E-state index in [2.05, 4.69) is 25.5 Å². The molecule has 1 fully saturated rings. The van der Waals surface area contributed by atoms with E-state index in [1.165, 1.54) is 6.92 Å². The number of amides is 2. The largest absolute Gasteiger partial charge is 0.444 e. The molecule has 0 unspecified atom stereocenters. The maximum Gasteiger partial charge on any atom is 0.407 e. The van der Waals surface area contributed by atoms with Gasteiger partial charge >= 0.3 is 16.5 Å². The van der Waals surface area contributed by atoms with Gasteiger partial charge in [-0.05, 0) is 33.0 Å². The summed E-state index contributed by atoms with van der Waals surface area (Å²) in [5, 5.41) is 30.9. The lowest BCUT2D eigenvalue weighted by Crippen LogP contribution is -2.68. The molecule has 5 atom stereocenters. The van der Waals surface area contributed by atoms with Crippen LogP contribution in [-0.4, -0.2) is 96.2 Å². The molecular weight excluding hydrogens is 472 g/mol. The van der Waals surface area contributed by atoms with Crippen molar-refractivity contribution in [1.29, 1.82) is 0 Å². The minimum Gasteiger partial charge on any atom is -0.444 e. The van der Waals surface area contributed by atoms with Crippen LogP contribution in [-0.2, 0) is 28.9 Å². The molecule has 32 heavy (non-hydrogen) atoms. The highest BCUT2D eigenvalue weighted by atomic mass is 32.3. The molecule has 2 amide bonds. The molecule has 0 bridgehead atoms. The van der Waals surface area contributed by atoms with Crippen LogP contribution in [0.2, 0.25) is 0 Å². The van der Waals surface area contributed by atoms with Crippen LogP contribution in [0.4, 0.5) is 4.79 Å². The van der Waals surface area contributed by atoms with Crippen LogP contribution in [0, 0.1) is 0 Å². The van der Waals surface area contributed by atoms with E-state index in [9.17, 15) is 28.2 Å². The molecule has 0 spiro atoms. The molecule has 0 aromatic heterocycles. The monoisotopic (exact) mass is 502 g/mol. The molecule has 1 aliphatic heterocycles. The number of carbonyl (C=O) groups is 2. The summed E-state index contributed by atoms with van der Waals surface area (Å²) in [5.74, 6) is -0.537. The summed E-state index contributed by atoms with van der Waals surface area (Å²) in [6.07, 6.45) is -6.43. The third-order valence-corrected chi connectivity index (χ3v) is 4.55. The van der Waals surface area contributed by atoms with Crippen LogP contribution in [0.3, 0.4) is 0 Å². The zero-order valence-corrected chi connectivity index (χ0v) is 19.7. The van der Waals surface area contributed by atoms with E-state index < -0.39 is 65.2 Å². The molecule has 1 saturated heterocycles. The molecular formula is C16H30N4O10S2. The second-order valence-electron chi connectivity index (χ2n) is 7.84. The third-order valence-electron chi connectivity index (χ3n) is 3.85. The first-order valence-corrected chi connectivity index (χ1v) is 11.3. The lowest BCUT2D eigenvalue weighted by Gasteiger charge is -2.43. The van der Waals surface area contributed by atoms with Crippen molar-refractivity contribution in [2.75, 3.05) is 19.7 Å². The fourth-order valence-corrected chi connectivity index (χ4v) is 3.13. The van der Waals surface area contributed by atoms with Gasteiger partial charge < -0.3 is 41.0 Å². The Balaban J connectivity index is 2.67. The Labute approximate surface area is 191 Å². The molecule has 14 nitrogen and oxygen atoms in total. The molecule has 0 saturated carbocycles. The fourth-order valence-electron chi connectivity index (χ4n) is 2.61. The van der Waals surface area contributed by atoms with Crippen molar-refractivity contribution in [2.45, 2.75) is 63.9 Å². The quantitative estimate of drug-likeness (QED) is 0.106. The van der Waals surface area contributed by atoms with Gasteiger partial charge in [-0.3, -0.25) is 9.35 Å². The Morgan fingerprint density at radius 2 is 1.69 bits per heavy atom. The van der Waals surface area contributed by atoms with Gasteiger partial charge in [0, 0.05) is 20.0 Å². The van der Waals surface area contributed by atoms with Gasteiger partial charge in [-0.1, -0.05) is 0 Å². The van der Waals surface area contributed by atoms with Crippen molar-refractivity contribution in [3.8, 4) is 0 Å². The fraction of sp³-hybridized carbons (Fsp3) is 0.812. The number of hydrogen-bond donors (Lipinski definition) is 7. The smallest absolute Gasteiger partial charge is 0.407 e. The van der Waals surface area contributed by atoms with Gasteiger partial charge in [-0.15, -0.1) is 0 Å². The second-order valence-corrected chi connectivity index (χ2v) is 9.34. The first-order valence-electron chi connectivity index (χ1n) is 9.51. The molecule has 1 aliphatic rings. The molecule has 0 aromatic carbocycles. The van der Waals surface area contributed by atoms with Gasteiger partial charge in [-0.2, -0.15) is 8.42 Å². The highest BCUT2D eigenvalue weighted by Crippen LogP contribution is 2.21. The maximum atomic E-state index is 11.6. The number of alkyl carbamates (subject to hydrolysis) is 1. The molecule has 0 aliphatic carbocycles. The number of rotatable bonds is 8. The topological polar surface area (TPSA) is 205 Å². The highest BCUT2D eigenvalue weighted by Gasteiger charge is 2.45. The molecule has 0 radical (unpaired) electrons. The Bertz CT molecular complexity index is 773. The summed E-state index contributed by atoms with van der Waals surface area (Å²) in [7, 11) is -4.82. The van der Waals surface area contributed by atoms with E-state index >= 15 is 0 Å². The zero-order valence-electron chi connectivity index (χ0n) is 18.0. The Morgan fingerprint density at radius 1 is 1.09 bits per heavy atom. The first kappa shape index (κ1) is 28.2. The number of aliphatic hydroxyl groups excluding tert-OH is 2. The molecule has 186 valence electrons. The molecule has 1 heterocycles. The van der Waals surface area contributed by atoms with Gasteiger partial charge in [0.25, 0.3) is 0 Å². The number of carbonyl (C=O) groups excluding carboxylic acids is 2. The van der Waals surface area contributed by atoms with E-state index in [0.717, 1.165) is 0 Å². The van der Waals surface area contributed by atoms with Crippen LogP contribution >= 0.6 is 12.2 Å². The van der Waals surface area contributed by atoms with Crippen molar-refractivity contribution in [3.63, 3.8) is 0 Å². The number of aliphatic hydroxyl groups is 2. The van der Waals surface area contributed by atoms with E-state index in [1.54, 1.807) is 20.8 Å². The average Bonchev–Trinajstić information content (AvgIpc) is 2.61. The van der Waals surface area contributed by atoms with Crippen molar-refractivity contribution < 1.29 is 46.4 Å². The van der Waals surface area contributed by atoms with E-state index in [-0.39, 0.29) is 18.2 Å². The second kappa shape index (κ2) is 11.9. The number of ether oxygens (including phenoxy) is 2. The molecule has 0 aromatic rings. The zero-order chi connectivity index (χ0) is 24.7. The third kappa shape index (κ3) is 10.7. The van der Waals surface area contributed by atoms with Crippen LogP contribution in [0.15, 0.2) is 0 Å². The Kier molecular flexibility index (Phi) is 10.5. The standard InChI is InChI=1S/C16H30N4O10S2/c1-8(21)19-10-12(23)11(22)9(7-28-32(25,26)27)29-13(10)20-14(31)17-5-6-18-15(24)30-16(2,3)4/h9-13,22-23H,5-7H2,1-4H3,(H,18,24)(H,19,21)(H2,17,20,31)(H,25,26,27)/t9-,10-,11-,12-,13-/m1/s1. The van der Waals surface area contributed by atoms with Crippen molar-refractivity contribution in [3.05, 3.63) is 0 Å². The minimum atomic E-state index is -4.82. The van der Waals surface area contributed by atoms with Gasteiger partial charge in [0.05, 0.1) is 6.61 Å². The highest BCUT2D eigenvalue weighted by molar-refractivity contribution is 7.81. The van der Waals surface area contributed by atoms with E-state index in [4.69, 9.17) is 26.2 Å². The van der Waals surface area contributed by atoms with E-state index in [0.29, 0.717) is 0 Å². The summed E-state index contributed by atoms with van der Waals surface area (Å²) in [6, 6.07) is -1.16. The number of nitrogens with one attached hydrogen (secondary N) is 4. The predicted molar refractivity (Wildman–Crippen MR) is 114 cm³/mol. The van der Waals surface area contributed by atoms with Gasteiger partial charge in [0.15, 0.2) is 11.3 Å². The van der Waals surface area contributed by atoms with Gasteiger partial charge in [-0.25, -0.2) is 8.98 Å². The molecule has 1 rings (SSSR count). The lowest BCUT2D eigenvalue weighted by molar-refractivity contribution is -0.196.